The first-order valence-electron chi connectivity index (χ1n) is 7.13. The van der Waals surface area contributed by atoms with Gasteiger partial charge in [-0.1, -0.05) is 23.7 Å². The van der Waals surface area contributed by atoms with E-state index in [9.17, 15) is 4.79 Å². The summed E-state index contributed by atoms with van der Waals surface area (Å²) in [5.41, 5.74) is 5.04. The molecule has 3 aromatic rings. The number of hydrogen-bond donors (Lipinski definition) is 3. The number of carbonyl (C=O) groups is 1. The first-order chi connectivity index (χ1) is 11.7. The van der Waals surface area contributed by atoms with Crippen LogP contribution in [-0.2, 0) is 0 Å². The number of anilines is 2. The Labute approximate surface area is 143 Å². The molecular weight excluding hydrogens is 326 g/mol. The van der Waals surface area contributed by atoms with E-state index in [-0.39, 0.29) is 5.91 Å². The third-order valence-electron chi connectivity index (χ3n) is 3.33. The smallest absolute Gasteiger partial charge is 0.265 e. The number of hydrazine groups is 1. The van der Waals surface area contributed by atoms with Crippen LogP contribution in [0, 0.1) is 0 Å². The molecule has 0 saturated heterocycles. The Morgan fingerprint density at radius 1 is 1.00 bits per heavy atom. The van der Waals surface area contributed by atoms with Crippen molar-refractivity contribution in [2.75, 3.05) is 5.32 Å². The van der Waals surface area contributed by atoms with Crippen molar-refractivity contribution in [2.45, 2.75) is 0 Å². The molecule has 1 heterocycles. The van der Waals surface area contributed by atoms with Gasteiger partial charge < -0.3 is 5.32 Å². The third kappa shape index (κ3) is 3.68. The molecule has 4 N–H and O–H groups in total. The van der Waals surface area contributed by atoms with Gasteiger partial charge in [-0.15, -0.1) is 0 Å². The van der Waals surface area contributed by atoms with Gasteiger partial charge in [0, 0.05) is 28.0 Å². The number of benzene rings is 2. The number of nitrogens with one attached hydrogen (secondary N) is 2. The van der Waals surface area contributed by atoms with Crippen molar-refractivity contribution < 1.29 is 4.79 Å². The zero-order valence-electron chi connectivity index (χ0n) is 12.5. The van der Waals surface area contributed by atoms with Gasteiger partial charge in [0.05, 0.1) is 5.69 Å². The molecule has 0 unspecified atom stereocenters. The Bertz CT molecular complexity index is 850. The maximum atomic E-state index is 11.4. The molecule has 0 aliphatic heterocycles. The van der Waals surface area contributed by atoms with E-state index in [1.165, 1.54) is 0 Å². The second kappa shape index (κ2) is 7.08. The summed E-state index contributed by atoms with van der Waals surface area (Å²) < 4.78 is 0. The van der Waals surface area contributed by atoms with Crippen molar-refractivity contribution >= 4 is 29.1 Å². The van der Waals surface area contributed by atoms with E-state index in [2.05, 4.69) is 20.7 Å². The summed E-state index contributed by atoms with van der Waals surface area (Å²) >= 11 is 5.90. The van der Waals surface area contributed by atoms with Crippen LogP contribution < -0.4 is 16.6 Å². The lowest BCUT2D eigenvalue weighted by Gasteiger charge is -2.07. The highest BCUT2D eigenvalue weighted by atomic mass is 35.5. The fraction of sp³-hybridized carbons (Fsp3) is 0. The average molecular weight is 340 g/mol. The number of carbonyl (C=O) groups excluding carboxylic acids is 1. The summed E-state index contributed by atoms with van der Waals surface area (Å²) in [6.07, 6.45) is 1.68. The van der Waals surface area contributed by atoms with Crippen LogP contribution >= 0.6 is 11.6 Å². The van der Waals surface area contributed by atoms with Gasteiger partial charge in [0.2, 0.25) is 5.95 Å². The molecule has 0 bridgehead atoms. The molecule has 1 amide bonds. The standard InChI is InChI=1S/C17H14ClN5O/c18-13-5-1-11(2-6-13)15-9-10-20-17(22-15)21-14-7-3-12(4-8-14)16(24)23-19/h1-10H,19H2,(H,23,24)(H,20,21,22). The number of nitrogens with two attached hydrogens (primary N) is 1. The van der Waals surface area contributed by atoms with E-state index in [1.807, 2.05) is 30.3 Å². The average Bonchev–Trinajstić information content (AvgIpc) is 2.62. The van der Waals surface area contributed by atoms with Gasteiger partial charge in [-0.3, -0.25) is 10.2 Å². The number of aromatic nitrogens is 2. The molecule has 6 nitrogen and oxygen atoms in total. The molecule has 1 aromatic heterocycles. The molecule has 120 valence electrons. The van der Waals surface area contributed by atoms with Gasteiger partial charge in [-0.2, -0.15) is 0 Å². The molecule has 2 aromatic carbocycles. The lowest BCUT2D eigenvalue weighted by Crippen LogP contribution is -2.29. The molecule has 0 spiro atoms. The quantitative estimate of drug-likeness (QED) is 0.386. The van der Waals surface area contributed by atoms with Gasteiger partial charge in [-0.25, -0.2) is 15.8 Å². The molecule has 0 atom stereocenters. The maximum absolute atomic E-state index is 11.4. The zero-order chi connectivity index (χ0) is 16.9. The van der Waals surface area contributed by atoms with Crippen molar-refractivity contribution in [3.05, 3.63) is 71.4 Å². The van der Waals surface area contributed by atoms with Gasteiger partial charge in [-0.05, 0) is 42.5 Å². The van der Waals surface area contributed by atoms with Crippen molar-refractivity contribution in [3.8, 4) is 11.3 Å². The number of hydrogen-bond acceptors (Lipinski definition) is 5. The Morgan fingerprint density at radius 2 is 1.71 bits per heavy atom. The van der Waals surface area contributed by atoms with E-state index in [0.29, 0.717) is 16.5 Å². The van der Waals surface area contributed by atoms with E-state index in [0.717, 1.165) is 16.9 Å². The third-order valence-corrected chi connectivity index (χ3v) is 3.58. The number of rotatable bonds is 4. The van der Waals surface area contributed by atoms with Gasteiger partial charge in [0.25, 0.3) is 5.91 Å². The van der Waals surface area contributed by atoms with Gasteiger partial charge in [0.15, 0.2) is 0 Å². The number of halogens is 1. The predicted molar refractivity (Wildman–Crippen MR) is 93.9 cm³/mol. The summed E-state index contributed by atoms with van der Waals surface area (Å²) in [7, 11) is 0. The van der Waals surface area contributed by atoms with Crippen molar-refractivity contribution in [1.82, 2.24) is 15.4 Å². The maximum Gasteiger partial charge on any atom is 0.265 e. The van der Waals surface area contributed by atoms with Crippen LogP contribution in [0.1, 0.15) is 10.4 Å². The molecule has 0 radical (unpaired) electrons. The topological polar surface area (TPSA) is 92.9 Å². The molecule has 0 fully saturated rings. The molecule has 7 heteroatoms. The highest BCUT2D eigenvalue weighted by Gasteiger charge is 2.05. The van der Waals surface area contributed by atoms with Crippen LogP contribution in [0.5, 0.6) is 0 Å². The number of amides is 1. The summed E-state index contributed by atoms with van der Waals surface area (Å²) in [5.74, 6) is 5.22. The van der Waals surface area contributed by atoms with Crippen LogP contribution in [0.25, 0.3) is 11.3 Å². The molecular formula is C17H14ClN5O. The molecule has 3 rings (SSSR count). The summed E-state index contributed by atoms with van der Waals surface area (Å²) in [4.78, 5) is 20.1. The van der Waals surface area contributed by atoms with E-state index < -0.39 is 0 Å². The monoisotopic (exact) mass is 339 g/mol. The number of nitrogen functional groups attached to an aromatic ring is 1. The molecule has 24 heavy (non-hydrogen) atoms. The second-order valence-corrected chi connectivity index (χ2v) is 5.38. The Morgan fingerprint density at radius 3 is 2.38 bits per heavy atom. The van der Waals surface area contributed by atoms with Crippen molar-refractivity contribution in [2.24, 2.45) is 5.84 Å². The Balaban J connectivity index is 1.79. The lowest BCUT2D eigenvalue weighted by molar-refractivity contribution is 0.0953. The van der Waals surface area contributed by atoms with Crippen molar-refractivity contribution in [1.29, 1.82) is 0 Å². The van der Waals surface area contributed by atoms with Crippen LogP contribution in [-0.4, -0.2) is 15.9 Å². The van der Waals surface area contributed by atoms with E-state index in [1.54, 1.807) is 30.5 Å². The fourth-order valence-corrected chi connectivity index (χ4v) is 2.24. The summed E-state index contributed by atoms with van der Waals surface area (Å²) in [6.45, 7) is 0. The van der Waals surface area contributed by atoms with Crippen LogP contribution in [0.4, 0.5) is 11.6 Å². The molecule has 0 saturated carbocycles. The predicted octanol–water partition coefficient (Wildman–Crippen LogP) is 3.14. The lowest BCUT2D eigenvalue weighted by atomic mass is 10.1. The molecule has 0 aliphatic rings. The molecule has 0 aliphatic carbocycles. The van der Waals surface area contributed by atoms with Gasteiger partial charge in [0.1, 0.15) is 0 Å². The van der Waals surface area contributed by atoms with Crippen molar-refractivity contribution in [3.63, 3.8) is 0 Å². The van der Waals surface area contributed by atoms with Gasteiger partial charge >= 0.3 is 0 Å². The Kier molecular flexibility index (Phi) is 4.69. The summed E-state index contributed by atoms with van der Waals surface area (Å²) in [5, 5.41) is 3.77. The Hall–Kier alpha value is -2.96. The summed E-state index contributed by atoms with van der Waals surface area (Å²) in [6, 6.07) is 16.1. The first kappa shape index (κ1) is 15.9. The van der Waals surface area contributed by atoms with E-state index >= 15 is 0 Å². The minimum atomic E-state index is -0.345. The normalized spacial score (nSPS) is 10.2. The largest absolute Gasteiger partial charge is 0.324 e. The first-order valence-corrected chi connectivity index (χ1v) is 7.50. The number of nitrogens with zero attached hydrogens (tertiary/aromatic N) is 2. The van der Waals surface area contributed by atoms with E-state index in [4.69, 9.17) is 17.4 Å². The zero-order valence-corrected chi connectivity index (χ0v) is 13.3. The highest BCUT2D eigenvalue weighted by molar-refractivity contribution is 6.30. The van der Waals surface area contributed by atoms with Crippen LogP contribution in [0.3, 0.4) is 0 Å². The van der Waals surface area contributed by atoms with Crippen LogP contribution in [0.2, 0.25) is 5.02 Å². The second-order valence-electron chi connectivity index (χ2n) is 4.95. The minimum Gasteiger partial charge on any atom is -0.324 e. The van der Waals surface area contributed by atoms with Crippen LogP contribution in [0.15, 0.2) is 60.8 Å². The minimum absolute atomic E-state index is 0.345. The fourth-order valence-electron chi connectivity index (χ4n) is 2.12. The SMILES string of the molecule is NNC(=O)c1ccc(Nc2nccc(-c3ccc(Cl)cc3)n2)cc1. The highest BCUT2D eigenvalue weighted by Crippen LogP contribution is 2.21.